The predicted octanol–water partition coefficient (Wildman–Crippen LogP) is 3.84. The van der Waals surface area contributed by atoms with E-state index in [-0.39, 0.29) is 11.9 Å². The van der Waals surface area contributed by atoms with Crippen molar-refractivity contribution in [2.24, 2.45) is 7.05 Å². The highest BCUT2D eigenvalue weighted by molar-refractivity contribution is 6.31. The first-order valence-corrected chi connectivity index (χ1v) is 9.58. The Kier molecular flexibility index (Phi) is 5.44. The van der Waals surface area contributed by atoms with E-state index in [2.05, 4.69) is 15.4 Å². The minimum absolute atomic E-state index is 0.215. The minimum atomic E-state index is -0.365. The molecule has 0 aliphatic heterocycles. The normalized spacial score (nSPS) is 11.9. The van der Waals surface area contributed by atoms with Crippen LogP contribution in [0.5, 0.6) is 0 Å². The molecule has 0 bridgehead atoms. The summed E-state index contributed by atoms with van der Waals surface area (Å²) in [6, 6.07) is 17.0. The van der Waals surface area contributed by atoms with Gasteiger partial charge >= 0.3 is 0 Å². The van der Waals surface area contributed by atoms with E-state index in [1.54, 1.807) is 23.3 Å². The minimum Gasteiger partial charge on any atom is -0.338 e. The second-order valence-corrected chi connectivity index (χ2v) is 7.14. The van der Waals surface area contributed by atoms with Gasteiger partial charge in [-0.2, -0.15) is 5.10 Å². The lowest BCUT2D eigenvalue weighted by molar-refractivity contribution is 0.0941. The first-order chi connectivity index (χ1) is 14.1. The van der Waals surface area contributed by atoms with Gasteiger partial charge in [0.25, 0.3) is 5.91 Å². The van der Waals surface area contributed by atoms with Crippen LogP contribution in [0, 0.1) is 0 Å². The molecule has 0 fully saturated rings. The van der Waals surface area contributed by atoms with E-state index in [1.807, 2.05) is 72.4 Å². The highest BCUT2D eigenvalue weighted by Crippen LogP contribution is 2.21. The molecule has 1 N–H and O–H groups in total. The maximum absolute atomic E-state index is 12.9. The Hall–Kier alpha value is -3.38. The van der Waals surface area contributed by atoms with Gasteiger partial charge in [-0.15, -0.1) is 0 Å². The van der Waals surface area contributed by atoms with Crippen molar-refractivity contribution < 1.29 is 4.79 Å². The van der Waals surface area contributed by atoms with Gasteiger partial charge in [0.15, 0.2) is 0 Å². The summed E-state index contributed by atoms with van der Waals surface area (Å²) in [5, 5.41) is 8.06. The number of imidazole rings is 1. The number of aromatic nitrogens is 4. The summed E-state index contributed by atoms with van der Waals surface area (Å²) >= 11 is 6.22. The molecule has 2 heterocycles. The number of nitrogens with zero attached hydrogens (tertiary/aromatic N) is 4. The first-order valence-electron chi connectivity index (χ1n) is 9.20. The van der Waals surface area contributed by atoms with Crippen molar-refractivity contribution >= 4 is 17.5 Å². The monoisotopic (exact) mass is 405 g/mol. The number of aryl methyl sites for hydroxylation is 1. The molecule has 1 amide bonds. The zero-order valence-corrected chi connectivity index (χ0v) is 16.6. The van der Waals surface area contributed by atoms with Gasteiger partial charge in [-0.1, -0.05) is 60.1 Å². The summed E-state index contributed by atoms with van der Waals surface area (Å²) in [6.07, 6.45) is 6.86. The van der Waals surface area contributed by atoms with Crippen LogP contribution in [-0.2, 0) is 13.6 Å². The van der Waals surface area contributed by atoms with Crippen LogP contribution in [-0.4, -0.2) is 25.2 Å². The Balaban J connectivity index is 1.55. The molecule has 7 heteroatoms. The average molecular weight is 406 g/mol. The Labute approximate surface area is 173 Å². The summed E-state index contributed by atoms with van der Waals surface area (Å²) in [6.45, 7) is 0.494. The molecule has 146 valence electrons. The van der Waals surface area contributed by atoms with Crippen molar-refractivity contribution in [3.05, 3.63) is 107 Å². The molecule has 0 radical (unpaired) electrons. The zero-order valence-electron chi connectivity index (χ0n) is 15.9. The van der Waals surface area contributed by atoms with Gasteiger partial charge in [0.05, 0.1) is 18.3 Å². The van der Waals surface area contributed by atoms with Crippen molar-refractivity contribution in [3.63, 3.8) is 0 Å². The molecule has 1 atom stereocenters. The van der Waals surface area contributed by atoms with Crippen LogP contribution < -0.4 is 5.32 Å². The Morgan fingerprint density at radius 2 is 1.90 bits per heavy atom. The molecular formula is C22H20ClN5O. The summed E-state index contributed by atoms with van der Waals surface area (Å²) in [7, 11) is 1.91. The molecule has 2 aromatic heterocycles. The van der Waals surface area contributed by atoms with Gasteiger partial charge < -0.3 is 9.88 Å². The van der Waals surface area contributed by atoms with Gasteiger partial charge in [-0.3, -0.25) is 9.48 Å². The van der Waals surface area contributed by atoms with E-state index >= 15 is 0 Å². The number of nitrogens with one attached hydrogen (secondary N) is 1. The standard InChI is InChI=1S/C22H20ClN5O/c1-27-12-11-24-21(27)20(16-7-3-2-4-8-16)26-22(29)18-13-25-28(15-18)14-17-9-5-6-10-19(17)23/h2-13,15,20H,14H2,1H3,(H,26,29). The van der Waals surface area contributed by atoms with Crippen LogP contribution in [0.4, 0.5) is 0 Å². The van der Waals surface area contributed by atoms with Gasteiger partial charge in [-0.25, -0.2) is 4.98 Å². The molecule has 0 aliphatic carbocycles. The fourth-order valence-electron chi connectivity index (χ4n) is 3.18. The second-order valence-electron chi connectivity index (χ2n) is 6.73. The lowest BCUT2D eigenvalue weighted by Gasteiger charge is -2.18. The van der Waals surface area contributed by atoms with Crippen molar-refractivity contribution in [1.29, 1.82) is 0 Å². The number of halogens is 1. The molecule has 4 aromatic rings. The smallest absolute Gasteiger partial charge is 0.255 e. The molecule has 0 aliphatic rings. The van der Waals surface area contributed by atoms with Crippen LogP contribution in [0.2, 0.25) is 5.02 Å². The van der Waals surface area contributed by atoms with Crippen molar-refractivity contribution in [2.45, 2.75) is 12.6 Å². The van der Waals surface area contributed by atoms with Crippen molar-refractivity contribution in [1.82, 2.24) is 24.6 Å². The van der Waals surface area contributed by atoms with Crippen LogP contribution in [0.3, 0.4) is 0 Å². The highest BCUT2D eigenvalue weighted by Gasteiger charge is 2.22. The first kappa shape index (κ1) is 19.0. The molecule has 0 saturated heterocycles. The topological polar surface area (TPSA) is 64.7 Å². The summed E-state index contributed by atoms with van der Waals surface area (Å²) in [5.74, 6) is 0.542. The van der Waals surface area contributed by atoms with E-state index in [1.165, 1.54) is 0 Å². The third-order valence-electron chi connectivity index (χ3n) is 4.71. The summed E-state index contributed by atoms with van der Waals surface area (Å²) in [5.41, 5.74) is 2.38. The summed E-state index contributed by atoms with van der Waals surface area (Å²) in [4.78, 5) is 17.4. The molecule has 4 rings (SSSR count). The van der Waals surface area contributed by atoms with Crippen LogP contribution in [0.1, 0.15) is 33.4 Å². The van der Waals surface area contributed by atoms with E-state index in [4.69, 9.17) is 11.6 Å². The molecule has 2 aromatic carbocycles. The molecule has 29 heavy (non-hydrogen) atoms. The number of carbonyl (C=O) groups is 1. The number of rotatable bonds is 6. The maximum Gasteiger partial charge on any atom is 0.255 e. The van der Waals surface area contributed by atoms with E-state index < -0.39 is 0 Å². The SMILES string of the molecule is Cn1ccnc1C(NC(=O)c1cnn(Cc2ccccc2Cl)c1)c1ccccc1. The van der Waals surface area contributed by atoms with E-state index in [0.717, 1.165) is 17.0 Å². The average Bonchev–Trinajstić information content (AvgIpc) is 3.38. The third-order valence-corrected chi connectivity index (χ3v) is 5.08. The van der Waals surface area contributed by atoms with Gasteiger partial charge in [0.2, 0.25) is 0 Å². The molecule has 6 nitrogen and oxygen atoms in total. The van der Waals surface area contributed by atoms with E-state index in [9.17, 15) is 4.79 Å². The van der Waals surface area contributed by atoms with Crippen LogP contribution in [0.15, 0.2) is 79.4 Å². The quantitative estimate of drug-likeness (QED) is 0.530. The largest absolute Gasteiger partial charge is 0.338 e. The van der Waals surface area contributed by atoms with Gasteiger partial charge in [0, 0.05) is 30.7 Å². The summed E-state index contributed by atoms with van der Waals surface area (Å²) < 4.78 is 3.60. The lowest BCUT2D eigenvalue weighted by atomic mass is 10.1. The molecular weight excluding hydrogens is 386 g/mol. The zero-order chi connectivity index (χ0) is 20.2. The lowest BCUT2D eigenvalue weighted by Crippen LogP contribution is -2.30. The van der Waals surface area contributed by atoms with Crippen LogP contribution in [0.25, 0.3) is 0 Å². The van der Waals surface area contributed by atoms with Crippen molar-refractivity contribution in [3.8, 4) is 0 Å². The molecule has 0 saturated carbocycles. The maximum atomic E-state index is 12.9. The Morgan fingerprint density at radius 3 is 2.62 bits per heavy atom. The fourth-order valence-corrected chi connectivity index (χ4v) is 3.38. The van der Waals surface area contributed by atoms with Crippen LogP contribution >= 0.6 is 11.6 Å². The Morgan fingerprint density at radius 1 is 1.14 bits per heavy atom. The number of amides is 1. The van der Waals surface area contributed by atoms with Gasteiger partial charge in [-0.05, 0) is 17.2 Å². The Bertz CT molecular complexity index is 1120. The fraction of sp³-hybridized carbons (Fsp3) is 0.136. The highest BCUT2D eigenvalue weighted by atomic mass is 35.5. The number of hydrogen-bond donors (Lipinski definition) is 1. The number of carbonyl (C=O) groups excluding carboxylic acids is 1. The van der Waals surface area contributed by atoms with Crippen molar-refractivity contribution in [2.75, 3.05) is 0 Å². The van der Waals surface area contributed by atoms with E-state index in [0.29, 0.717) is 17.1 Å². The van der Waals surface area contributed by atoms with Gasteiger partial charge in [0.1, 0.15) is 11.9 Å². The number of benzene rings is 2. The number of hydrogen-bond acceptors (Lipinski definition) is 3. The molecule has 0 spiro atoms. The molecule has 1 unspecified atom stereocenters. The predicted molar refractivity (Wildman–Crippen MR) is 112 cm³/mol. The second kappa shape index (κ2) is 8.32. The third kappa shape index (κ3) is 4.22.